The van der Waals surface area contributed by atoms with Crippen LogP contribution in [0.5, 0.6) is 0 Å². The number of hydrogen-bond donors (Lipinski definition) is 1. The normalized spacial score (nSPS) is 12.4. The summed E-state index contributed by atoms with van der Waals surface area (Å²) in [5.74, 6) is 0. The Morgan fingerprint density at radius 3 is 2.87 bits per heavy atom. The van der Waals surface area contributed by atoms with Crippen LogP contribution in [0.15, 0.2) is 6.20 Å². The van der Waals surface area contributed by atoms with E-state index in [1.54, 1.807) is 0 Å². The molecule has 1 heterocycles. The van der Waals surface area contributed by atoms with E-state index < -0.39 is 0 Å². The molecule has 15 heavy (non-hydrogen) atoms. The second-order valence-electron chi connectivity index (χ2n) is 3.60. The highest BCUT2D eigenvalue weighted by Crippen LogP contribution is 2.07. The predicted octanol–water partition coefficient (Wildman–Crippen LogP) is 1.37. The van der Waals surface area contributed by atoms with E-state index in [1.165, 1.54) is 5.56 Å². The van der Waals surface area contributed by atoms with Crippen molar-refractivity contribution in [3.05, 3.63) is 17.5 Å². The summed E-state index contributed by atoms with van der Waals surface area (Å²) in [6.07, 6.45) is 3.77. The van der Waals surface area contributed by atoms with E-state index in [0.29, 0.717) is 0 Å². The van der Waals surface area contributed by atoms with E-state index in [-0.39, 0.29) is 6.04 Å². The highest BCUT2D eigenvalue weighted by Gasteiger charge is 2.08. The summed E-state index contributed by atoms with van der Waals surface area (Å²) >= 11 is 0. The zero-order valence-corrected chi connectivity index (χ0v) is 9.62. The Bertz CT molecular complexity index is 348. The van der Waals surface area contributed by atoms with Gasteiger partial charge in [-0.1, -0.05) is 13.8 Å². The molecule has 1 unspecified atom stereocenters. The fourth-order valence-electron chi connectivity index (χ4n) is 1.54. The molecule has 0 aliphatic carbocycles. The van der Waals surface area contributed by atoms with Crippen molar-refractivity contribution < 1.29 is 0 Å². The molecule has 4 nitrogen and oxygen atoms in total. The SMILES string of the molecule is CCc1nn(C)cc1CNC(C#N)CC. The van der Waals surface area contributed by atoms with Crippen LogP contribution in [0.25, 0.3) is 0 Å². The van der Waals surface area contributed by atoms with E-state index in [2.05, 4.69) is 23.4 Å². The standard InChI is InChI=1S/C11H18N4/c1-4-10(6-12)13-7-9-8-15(3)14-11(9)5-2/h8,10,13H,4-5,7H2,1-3H3. The van der Waals surface area contributed by atoms with Gasteiger partial charge in [-0.05, 0) is 12.8 Å². The summed E-state index contributed by atoms with van der Waals surface area (Å²) in [6.45, 7) is 4.82. The fraction of sp³-hybridized carbons (Fsp3) is 0.636. The average molecular weight is 206 g/mol. The molecule has 0 saturated heterocycles. The monoisotopic (exact) mass is 206 g/mol. The second-order valence-corrected chi connectivity index (χ2v) is 3.60. The zero-order valence-electron chi connectivity index (χ0n) is 9.62. The van der Waals surface area contributed by atoms with Crippen LogP contribution in [0.3, 0.4) is 0 Å². The van der Waals surface area contributed by atoms with Gasteiger partial charge in [0.05, 0.1) is 17.8 Å². The lowest BCUT2D eigenvalue weighted by atomic mass is 10.2. The molecule has 0 aliphatic rings. The fourth-order valence-corrected chi connectivity index (χ4v) is 1.54. The smallest absolute Gasteiger partial charge is 0.0952 e. The first kappa shape index (κ1) is 11.7. The molecule has 0 aromatic carbocycles. The van der Waals surface area contributed by atoms with Crippen molar-refractivity contribution in [2.75, 3.05) is 0 Å². The highest BCUT2D eigenvalue weighted by atomic mass is 15.3. The van der Waals surface area contributed by atoms with Crippen molar-refractivity contribution in [2.45, 2.75) is 39.3 Å². The third-order valence-electron chi connectivity index (χ3n) is 2.43. The summed E-state index contributed by atoms with van der Waals surface area (Å²) in [4.78, 5) is 0. The minimum absolute atomic E-state index is 0.0603. The molecule has 0 amide bonds. The Labute approximate surface area is 90.9 Å². The Hall–Kier alpha value is -1.34. The molecular formula is C11H18N4. The highest BCUT2D eigenvalue weighted by molar-refractivity contribution is 5.17. The molecule has 1 rings (SSSR count). The Balaban J connectivity index is 2.60. The number of nitrogens with zero attached hydrogens (tertiary/aromatic N) is 3. The molecule has 0 radical (unpaired) electrons. The van der Waals surface area contributed by atoms with Crippen LogP contribution in [0.4, 0.5) is 0 Å². The molecule has 1 N–H and O–H groups in total. The number of aromatic nitrogens is 2. The summed E-state index contributed by atoms with van der Waals surface area (Å²) in [5, 5.41) is 16.4. The maximum atomic E-state index is 8.80. The van der Waals surface area contributed by atoms with Gasteiger partial charge in [0, 0.05) is 25.4 Å². The van der Waals surface area contributed by atoms with Crippen molar-refractivity contribution in [3.63, 3.8) is 0 Å². The molecule has 82 valence electrons. The van der Waals surface area contributed by atoms with Crippen molar-refractivity contribution in [2.24, 2.45) is 7.05 Å². The molecule has 0 bridgehead atoms. The van der Waals surface area contributed by atoms with Crippen molar-refractivity contribution in [1.82, 2.24) is 15.1 Å². The molecule has 0 spiro atoms. The van der Waals surface area contributed by atoms with E-state index in [0.717, 1.165) is 25.1 Å². The maximum absolute atomic E-state index is 8.80. The molecule has 1 aromatic heterocycles. The predicted molar refractivity (Wildman–Crippen MR) is 59.1 cm³/mol. The first-order valence-electron chi connectivity index (χ1n) is 5.35. The lowest BCUT2D eigenvalue weighted by molar-refractivity contribution is 0.585. The molecular weight excluding hydrogens is 188 g/mol. The lowest BCUT2D eigenvalue weighted by Gasteiger charge is -2.07. The summed E-state index contributed by atoms with van der Waals surface area (Å²) in [7, 11) is 1.92. The Morgan fingerprint density at radius 2 is 2.33 bits per heavy atom. The average Bonchev–Trinajstić information content (AvgIpc) is 2.60. The van der Waals surface area contributed by atoms with Gasteiger partial charge in [0.15, 0.2) is 0 Å². The molecule has 0 aliphatic heterocycles. The summed E-state index contributed by atoms with van der Waals surface area (Å²) in [5.41, 5.74) is 2.30. The van der Waals surface area contributed by atoms with Crippen LogP contribution in [0, 0.1) is 11.3 Å². The van der Waals surface area contributed by atoms with Gasteiger partial charge in [0.2, 0.25) is 0 Å². The molecule has 0 saturated carbocycles. The van der Waals surface area contributed by atoms with Gasteiger partial charge < -0.3 is 0 Å². The topological polar surface area (TPSA) is 53.6 Å². The molecule has 0 fully saturated rings. The van der Waals surface area contributed by atoms with Gasteiger partial charge >= 0.3 is 0 Å². The number of aryl methyl sites for hydroxylation is 2. The lowest BCUT2D eigenvalue weighted by Crippen LogP contribution is -2.26. The number of nitrogens with one attached hydrogen (secondary N) is 1. The van der Waals surface area contributed by atoms with Gasteiger partial charge in [-0.2, -0.15) is 10.4 Å². The van der Waals surface area contributed by atoms with Crippen molar-refractivity contribution in [1.29, 1.82) is 5.26 Å². The molecule has 1 aromatic rings. The number of nitriles is 1. The number of rotatable bonds is 5. The van der Waals surface area contributed by atoms with Gasteiger partial charge in [-0.3, -0.25) is 10.00 Å². The first-order valence-corrected chi connectivity index (χ1v) is 5.35. The van der Waals surface area contributed by atoms with E-state index >= 15 is 0 Å². The second kappa shape index (κ2) is 5.52. The quantitative estimate of drug-likeness (QED) is 0.791. The first-order chi connectivity index (χ1) is 7.21. The Kier molecular flexibility index (Phi) is 4.32. The summed E-state index contributed by atoms with van der Waals surface area (Å²) < 4.78 is 1.82. The third kappa shape index (κ3) is 3.07. The van der Waals surface area contributed by atoms with Crippen LogP contribution in [-0.4, -0.2) is 15.8 Å². The van der Waals surface area contributed by atoms with Crippen LogP contribution in [-0.2, 0) is 20.0 Å². The van der Waals surface area contributed by atoms with Crippen molar-refractivity contribution >= 4 is 0 Å². The van der Waals surface area contributed by atoms with Crippen LogP contribution >= 0.6 is 0 Å². The minimum Gasteiger partial charge on any atom is -0.298 e. The third-order valence-corrected chi connectivity index (χ3v) is 2.43. The summed E-state index contributed by atoms with van der Waals surface area (Å²) in [6, 6.07) is 2.17. The maximum Gasteiger partial charge on any atom is 0.0952 e. The largest absolute Gasteiger partial charge is 0.298 e. The van der Waals surface area contributed by atoms with Crippen LogP contribution < -0.4 is 5.32 Å². The minimum atomic E-state index is -0.0603. The van der Waals surface area contributed by atoms with Crippen LogP contribution in [0.2, 0.25) is 0 Å². The van der Waals surface area contributed by atoms with E-state index in [1.807, 2.05) is 24.9 Å². The van der Waals surface area contributed by atoms with Crippen LogP contribution in [0.1, 0.15) is 31.5 Å². The van der Waals surface area contributed by atoms with Gasteiger partial charge in [-0.15, -0.1) is 0 Å². The van der Waals surface area contributed by atoms with Gasteiger partial charge in [0.25, 0.3) is 0 Å². The van der Waals surface area contributed by atoms with E-state index in [9.17, 15) is 0 Å². The number of hydrogen-bond acceptors (Lipinski definition) is 3. The van der Waals surface area contributed by atoms with E-state index in [4.69, 9.17) is 5.26 Å². The molecule has 1 atom stereocenters. The van der Waals surface area contributed by atoms with Crippen molar-refractivity contribution in [3.8, 4) is 6.07 Å². The van der Waals surface area contributed by atoms with Gasteiger partial charge in [0.1, 0.15) is 0 Å². The molecule has 4 heteroatoms. The Morgan fingerprint density at radius 1 is 1.60 bits per heavy atom. The van der Waals surface area contributed by atoms with Gasteiger partial charge in [-0.25, -0.2) is 0 Å². The zero-order chi connectivity index (χ0) is 11.3.